The number of nitrogens with one attached hydrogen (secondary N) is 2. The van der Waals surface area contributed by atoms with Gasteiger partial charge in [0.25, 0.3) is 5.91 Å². The molecule has 1 fully saturated rings. The van der Waals surface area contributed by atoms with Gasteiger partial charge >= 0.3 is 0 Å². The fraction of sp³-hybridized carbons (Fsp3) is 0.375. The number of aliphatic hydroxyl groups is 1. The molecule has 0 unspecified atom stereocenters. The van der Waals surface area contributed by atoms with E-state index in [-0.39, 0.29) is 18.2 Å². The van der Waals surface area contributed by atoms with Gasteiger partial charge in [-0.25, -0.2) is 9.37 Å². The highest BCUT2D eigenvalue weighted by Crippen LogP contribution is 2.31. The standard InChI is InChI=1S/C24H28FN7O2/c1-15-12-32-13-17(11-20(25)23(32)27-15)28-24(34)18-3-4-21(19-14-30(2)29-22(18)19)31-8-5-16(6-9-31)26-7-10-33/h3-4,11-14,16,26,33H,5-10H2,1-2H3,(H,28,34). The van der Waals surface area contributed by atoms with Gasteiger partial charge in [-0.1, -0.05) is 0 Å². The van der Waals surface area contributed by atoms with Crippen LogP contribution in [0.1, 0.15) is 28.9 Å². The first kappa shape index (κ1) is 22.3. The van der Waals surface area contributed by atoms with Crippen LogP contribution in [0.2, 0.25) is 0 Å². The summed E-state index contributed by atoms with van der Waals surface area (Å²) in [6, 6.07) is 5.42. The molecule has 178 valence electrons. The minimum Gasteiger partial charge on any atom is -0.395 e. The van der Waals surface area contributed by atoms with E-state index in [2.05, 4.69) is 25.6 Å². The zero-order valence-electron chi connectivity index (χ0n) is 19.3. The Bertz CT molecular complexity index is 1350. The van der Waals surface area contributed by atoms with E-state index in [9.17, 15) is 9.18 Å². The predicted octanol–water partition coefficient (Wildman–Crippen LogP) is 2.47. The normalized spacial score (nSPS) is 14.9. The number of nitrogens with zero attached hydrogens (tertiary/aromatic N) is 5. The van der Waals surface area contributed by atoms with Crippen molar-refractivity contribution < 1.29 is 14.3 Å². The monoisotopic (exact) mass is 465 g/mol. The van der Waals surface area contributed by atoms with Crippen molar-refractivity contribution in [3.05, 3.63) is 53.9 Å². The lowest BCUT2D eigenvalue weighted by Crippen LogP contribution is -2.43. The van der Waals surface area contributed by atoms with Crippen molar-refractivity contribution in [3.63, 3.8) is 0 Å². The van der Waals surface area contributed by atoms with E-state index in [0.29, 0.717) is 35.0 Å². The fourth-order valence-electron chi connectivity index (χ4n) is 4.70. The van der Waals surface area contributed by atoms with E-state index in [0.717, 1.165) is 37.0 Å². The number of aliphatic hydroxyl groups excluding tert-OH is 1. The number of halogens is 1. The van der Waals surface area contributed by atoms with Gasteiger partial charge in [-0.05, 0) is 31.9 Å². The van der Waals surface area contributed by atoms with Crippen molar-refractivity contribution in [1.29, 1.82) is 0 Å². The zero-order valence-corrected chi connectivity index (χ0v) is 19.3. The molecular weight excluding hydrogens is 437 g/mol. The Morgan fingerprint density at radius 3 is 2.79 bits per heavy atom. The van der Waals surface area contributed by atoms with E-state index in [1.54, 1.807) is 34.5 Å². The molecule has 1 saturated heterocycles. The van der Waals surface area contributed by atoms with Crippen LogP contribution in [0.25, 0.3) is 16.6 Å². The molecular formula is C24H28FN7O2. The number of piperidine rings is 1. The van der Waals surface area contributed by atoms with Crippen LogP contribution >= 0.6 is 0 Å². The van der Waals surface area contributed by atoms with Crippen molar-refractivity contribution in [1.82, 2.24) is 24.5 Å². The van der Waals surface area contributed by atoms with E-state index in [1.807, 2.05) is 19.3 Å². The molecule has 0 spiro atoms. The van der Waals surface area contributed by atoms with Gasteiger partial charge in [0.05, 0.1) is 23.6 Å². The van der Waals surface area contributed by atoms with Crippen LogP contribution in [0.5, 0.6) is 0 Å². The summed E-state index contributed by atoms with van der Waals surface area (Å²) in [6.45, 7) is 4.30. The molecule has 4 heterocycles. The number of aryl methyl sites for hydroxylation is 2. The lowest BCUT2D eigenvalue weighted by molar-refractivity contribution is 0.102. The number of benzene rings is 1. The van der Waals surface area contributed by atoms with Gasteiger partial charge in [0.1, 0.15) is 5.52 Å². The quantitative estimate of drug-likeness (QED) is 0.405. The number of anilines is 2. The summed E-state index contributed by atoms with van der Waals surface area (Å²) in [6.07, 6.45) is 7.24. The molecule has 0 atom stereocenters. The molecule has 1 aliphatic heterocycles. The SMILES string of the molecule is Cc1cn2cc(NC(=O)c3ccc(N4CCC(NCCO)CC4)c4cn(C)nc34)cc(F)c2n1. The number of carbonyl (C=O) groups is 1. The zero-order chi connectivity index (χ0) is 23.8. The van der Waals surface area contributed by atoms with E-state index in [4.69, 9.17) is 5.11 Å². The van der Waals surface area contributed by atoms with E-state index < -0.39 is 5.82 Å². The van der Waals surface area contributed by atoms with E-state index in [1.165, 1.54) is 6.07 Å². The summed E-state index contributed by atoms with van der Waals surface area (Å²) >= 11 is 0. The highest BCUT2D eigenvalue weighted by atomic mass is 19.1. The Kier molecular flexibility index (Phi) is 5.93. The molecule has 0 radical (unpaired) electrons. The van der Waals surface area contributed by atoms with Crippen LogP contribution in [0.3, 0.4) is 0 Å². The largest absolute Gasteiger partial charge is 0.395 e. The molecule has 0 saturated carbocycles. The van der Waals surface area contributed by atoms with Crippen molar-refractivity contribution in [2.75, 3.05) is 36.5 Å². The summed E-state index contributed by atoms with van der Waals surface area (Å²) in [7, 11) is 1.83. The van der Waals surface area contributed by atoms with Crippen LogP contribution in [0, 0.1) is 12.7 Å². The number of carbonyl (C=O) groups excluding carboxylic acids is 1. The Labute approximate surface area is 196 Å². The number of imidazole rings is 1. The molecule has 34 heavy (non-hydrogen) atoms. The van der Waals surface area contributed by atoms with Crippen LogP contribution in [-0.2, 0) is 7.05 Å². The predicted molar refractivity (Wildman–Crippen MR) is 129 cm³/mol. The third-order valence-electron chi connectivity index (χ3n) is 6.28. The van der Waals surface area contributed by atoms with Gasteiger partial charge in [-0.2, -0.15) is 5.10 Å². The van der Waals surface area contributed by atoms with Crippen LogP contribution in [0.15, 0.2) is 36.8 Å². The summed E-state index contributed by atoms with van der Waals surface area (Å²) in [5, 5.41) is 20.7. The second-order valence-electron chi connectivity index (χ2n) is 8.78. The fourth-order valence-corrected chi connectivity index (χ4v) is 4.70. The van der Waals surface area contributed by atoms with Crippen LogP contribution < -0.4 is 15.5 Å². The Hall–Kier alpha value is -3.50. The molecule has 3 aromatic heterocycles. The van der Waals surface area contributed by atoms with E-state index >= 15 is 0 Å². The molecule has 5 rings (SSSR count). The number of aromatic nitrogens is 4. The van der Waals surface area contributed by atoms with Gasteiger partial charge in [-0.15, -0.1) is 0 Å². The first-order valence-corrected chi connectivity index (χ1v) is 11.4. The van der Waals surface area contributed by atoms with Crippen molar-refractivity contribution >= 4 is 33.8 Å². The first-order valence-electron chi connectivity index (χ1n) is 11.4. The maximum Gasteiger partial charge on any atom is 0.257 e. The Morgan fingerprint density at radius 2 is 2.03 bits per heavy atom. The minimum atomic E-state index is -0.499. The number of amides is 1. The summed E-state index contributed by atoms with van der Waals surface area (Å²) < 4.78 is 17.7. The minimum absolute atomic E-state index is 0.141. The van der Waals surface area contributed by atoms with Gasteiger partial charge < -0.3 is 25.0 Å². The molecule has 0 aliphatic carbocycles. The molecule has 4 aromatic rings. The van der Waals surface area contributed by atoms with Gasteiger partial charge in [0.15, 0.2) is 11.5 Å². The molecule has 3 N–H and O–H groups in total. The third kappa shape index (κ3) is 4.22. The Morgan fingerprint density at radius 1 is 1.24 bits per heavy atom. The summed E-state index contributed by atoms with van der Waals surface area (Å²) in [4.78, 5) is 19.6. The van der Waals surface area contributed by atoms with Gasteiger partial charge in [-0.3, -0.25) is 9.48 Å². The lowest BCUT2D eigenvalue weighted by atomic mass is 10.0. The highest BCUT2D eigenvalue weighted by molar-refractivity contribution is 6.13. The maximum absolute atomic E-state index is 14.5. The van der Waals surface area contributed by atoms with Crippen molar-refractivity contribution in [3.8, 4) is 0 Å². The number of hydrogen-bond acceptors (Lipinski definition) is 6. The Balaban J connectivity index is 1.40. The maximum atomic E-state index is 14.5. The van der Waals surface area contributed by atoms with Gasteiger partial charge in [0, 0.05) is 68.5 Å². The topological polar surface area (TPSA) is 99.7 Å². The number of rotatable bonds is 6. The number of pyridine rings is 1. The average molecular weight is 466 g/mol. The van der Waals surface area contributed by atoms with Crippen LogP contribution in [0.4, 0.5) is 15.8 Å². The number of hydrogen-bond donors (Lipinski definition) is 3. The molecule has 0 bridgehead atoms. The lowest BCUT2D eigenvalue weighted by Gasteiger charge is -2.34. The highest BCUT2D eigenvalue weighted by Gasteiger charge is 2.23. The molecule has 1 aromatic carbocycles. The van der Waals surface area contributed by atoms with Crippen molar-refractivity contribution in [2.45, 2.75) is 25.8 Å². The van der Waals surface area contributed by atoms with Crippen molar-refractivity contribution in [2.24, 2.45) is 7.05 Å². The summed E-state index contributed by atoms with van der Waals surface area (Å²) in [5.74, 6) is -0.848. The number of fused-ring (bicyclic) bond motifs is 2. The molecule has 1 amide bonds. The molecule has 1 aliphatic rings. The third-order valence-corrected chi connectivity index (χ3v) is 6.28. The second kappa shape index (κ2) is 9.03. The smallest absolute Gasteiger partial charge is 0.257 e. The second-order valence-corrected chi connectivity index (χ2v) is 8.78. The summed E-state index contributed by atoms with van der Waals surface area (Å²) in [5.41, 5.74) is 3.35. The van der Waals surface area contributed by atoms with Crippen LogP contribution in [-0.4, -0.2) is 62.5 Å². The molecule has 10 heteroatoms. The van der Waals surface area contributed by atoms with Gasteiger partial charge in [0.2, 0.25) is 0 Å². The first-order chi connectivity index (χ1) is 16.4. The molecule has 9 nitrogen and oxygen atoms in total. The average Bonchev–Trinajstić information content (AvgIpc) is 3.39.